The summed E-state index contributed by atoms with van der Waals surface area (Å²) in [6, 6.07) is 0. The molecule has 0 saturated heterocycles. The summed E-state index contributed by atoms with van der Waals surface area (Å²) in [6.45, 7) is 2.10. The molecule has 3 unspecified atom stereocenters. The molecule has 2 bridgehead atoms. The summed E-state index contributed by atoms with van der Waals surface area (Å²) in [4.78, 5) is 11.4. The van der Waals surface area contributed by atoms with Crippen molar-refractivity contribution in [3.63, 3.8) is 0 Å². The van der Waals surface area contributed by atoms with Gasteiger partial charge in [-0.3, -0.25) is 4.79 Å². The molecule has 0 aromatic rings. The molecule has 0 aromatic carbocycles. The minimum absolute atomic E-state index is 0.0740. The van der Waals surface area contributed by atoms with Crippen LogP contribution < -0.4 is 0 Å². The Morgan fingerprint density at radius 2 is 2.36 bits per heavy atom. The Hall–Kier alpha value is -0.180. The lowest BCUT2D eigenvalue weighted by Crippen LogP contribution is -2.37. The number of hydrogen-bond donors (Lipinski definition) is 1. The molecule has 3 atom stereocenters. The van der Waals surface area contributed by atoms with E-state index in [1.54, 1.807) is 0 Å². The van der Waals surface area contributed by atoms with Gasteiger partial charge in [-0.05, 0) is 44.4 Å². The number of hydrogen-bond acceptors (Lipinski definition) is 3. The van der Waals surface area contributed by atoms with Gasteiger partial charge in [0.15, 0.2) is 0 Å². The first kappa shape index (κ1) is 10.3. The maximum absolute atomic E-state index is 11.4. The number of ether oxygens (including phenoxy) is 1. The Morgan fingerprint density at radius 3 is 2.86 bits per heavy atom. The number of carbonyl (C=O) groups is 1. The first-order valence-electron chi connectivity index (χ1n) is 5.47. The van der Waals surface area contributed by atoms with Crippen molar-refractivity contribution in [3.8, 4) is 0 Å². The Morgan fingerprint density at radius 1 is 1.57 bits per heavy atom. The minimum atomic E-state index is -0.150. The molecule has 2 aliphatic carbocycles. The van der Waals surface area contributed by atoms with E-state index in [-0.39, 0.29) is 11.6 Å². The summed E-state index contributed by atoms with van der Waals surface area (Å²) in [5.41, 5.74) is -0.150. The van der Waals surface area contributed by atoms with Crippen LogP contribution in [0.15, 0.2) is 0 Å². The summed E-state index contributed by atoms with van der Waals surface area (Å²) < 4.78 is 5.59. The molecular formula is C11H18O2S. The normalized spacial score (nSPS) is 40.1. The van der Waals surface area contributed by atoms with Crippen LogP contribution in [-0.2, 0) is 9.53 Å². The van der Waals surface area contributed by atoms with Crippen LogP contribution in [0.25, 0.3) is 0 Å². The van der Waals surface area contributed by atoms with E-state index < -0.39 is 0 Å². The molecule has 2 rings (SSSR count). The van der Waals surface area contributed by atoms with E-state index in [9.17, 15) is 4.79 Å². The highest BCUT2D eigenvalue weighted by Crippen LogP contribution is 2.52. The van der Waals surface area contributed by atoms with E-state index >= 15 is 0 Å². The van der Waals surface area contributed by atoms with Gasteiger partial charge in [0.05, 0.1) is 6.42 Å². The Bertz CT molecular complexity index is 241. The highest BCUT2D eigenvalue weighted by Gasteiger charge is 2.50. The van der Waals surface area contributed by atoms with Gasteiger partial charge in [-0.1, -0.05) is 0 Å². The lowest BCUT2D eigenvalue weighted by Gasteiger charge is -2.33. The Kier molecular flexibility index (Phi) is 2.78. The Labute approximate surface area is 90.8 Å². The fourth-order valence-corrected chi connectivity index (χ4v) is 3.26. The maximum Gasteiger partial charge on any atom is 0.307 e. The molecule has 3 heteroatoms. The highest BCUT2D eigenvalue weighted by atomic mass is 32.1. The van der Waals surface area contributed by atoms with Crippen LogP contribution >= 0.6 is 12.6 Å². The van der Waals surface area contributed by atoms with E-state index in [0.717, 1.165) is 12.3 Å². The van der Waals surface area contributed by atoms with Crippen molar-refractivity contribution in [1.29, 1.82) is 0 Å². The molecule has 2 aliphatic rings. The van der Waals surface area contributed by atoms with Gasteiger partial charge >= 0.3 is 5.97 Å². The van der Waals surface area contributed by atoms with Gasteiger partial charge in [0, 0.05) is 5.75 Å². The Balaban J connectivity index is 1.93. The third-order valence-electron chi connectivity index (χ3n) is 3.76. The molecule has 0 heterocycles. The standard InChI is InChI=1S/C11H18O2S/c1-11(13-10(12)4-5-14)7-8-2-3-9(11)6-8/h8-9,14H,2-7H2,1H3. The third kappa shape index (κ3) is 1.79. The van der Waals surface area contributed by atoms with Crippen molar-refractivity contribution in [3.05, 3.63) is 0 Å². The summed E-state index contributed by atoms with van der Waals surface area (Å²) in [5, 5.41) is 0. The maximum atomic E-state index is 11.4. The molecule has 0 amide bonds. The summed E-state index contributed by atoms with van der Waals surface area (Å²) in [7, 11) is 0. The second kappa shape index (κ2) is 3.76. The van der Waals surface area contributed by atoms with Gasteiger partial charge in [0.1, 0.15) is 5.60 Å². The number of thiol groups is 1. The molecule has 0 aromatic heterocycles. The molecule has 80 valence electrons. The molecule has 2 saturated carbocycles. The van der Waals surface area contributed by atoms with Gasteiger partial charge < -0.3 is 4.74 Å². The first-order chi connectivity index (χ1) is 6.64. The average Bonchev–Trinajstić information content (AvgIpc) is 2.62. The SMILES string of the molecule is CC1(OC(=O)CCS)CC2CCC1C2. The fourth-order valence-electron chi connectivity index (χ4n) is 3.08. The first-order valence-corrected chi connectivity index (χ1v) is 6.10. The van der Waals surface area contributed by atoms with Crippen molar-refractivity contribution >= 4 is 18.6 Å². The van der Waals surface area contributed by atoms with Gasteiger partial charge in [-0.25, -0.2) is 0 Å². The van der Waals surface area contributed by atoms with Crippen molar-refractivity contribution in [2.45, 2.75) is 44.6 Å². The van der Waals surface area contributed by atoms with Crippen LogP contribution in [0, 0.1) is 11.8 Å². The number of fused-ring (bicyclic) bond motifs is 2. The van der Waals surface area contributed by atoms with Gasteiger partial charge in [0.25, 0.3) is 0 Å². The molecule has 0 N–H and O–H groups in total. The van der Waals surface area contributed by atoms with Crippen molar-refractivity contribution in [2.24, 2.45) is 11.8 Å². The van der Waals surface area contributed by atoms with Crippen LogP contribution in [0.1, 0.15) is 39.0 Å². The number of carbonyl (C=O) groups excluding carboxylic acids is 1. The monoisotopic (exact) mass is 214 g/mol. The van der Waals surface area contributed by atoms with Crippen LogP contribution in [0.2, 0.25) is 0 Å². The van der Waals surface area contributed by atoms with E-state index in [2.05, 4.69) is 19.6 Å². The van der Waals surface area contributed by atoms with Crippen molar-refractivity contribution in [2.75, 3.05) is 5.75 Å². The lowest BCUT2D eigenvalue weighted by molar-refractivity contribution is -0.162. The summed E-state index contributed by atoms with van der Waals surface area (Å²) in [6.07, 6.45) is 5.37. The molecule has 14 heavy (non-hydrogen) atoms. The van der Waals surface area contributed by atoms with Gasteiger partial charge in [-0.15, -0.1) is 0 Å². The third-order valence-corrected chi connectivity index (χ3v) is 3.99. The van der Waals surface area contributed by atoms with E-state index in [0.29, 0.717) is 18.1 Å². The molecule has 2 nitrogen and oxygen atoms in total. The summed E-state index contributed by atoms with van der Waals surface area (Å²) in [5.74, 6) is 1.95. The zero-order valence-corrected chi connectivity index (χ0v) is 9.56. The predicted octanol–water partition coefficient (Wildman–Crippen LogP) is 2.43. The average molecular weight is 214 g/mol. The van der Waals surface area contributed by atoms with Crippen LogP contribution in [0.5, 0.6) is 0 Å². The van der Waals surface area contributed by atoms with Crippen LogP contribution in [0.4, 0.5) is 0 Å². The van der Waals surface area contributed by atoms with Gasteiger partial charge in [0.2, 0.25) is 0 Å². The molecular weight excluding hydrogens is 196 g/mol. The van der Waals surface area contributed by atoms with E-state index in [1.165, 1.54) is 19.3 Å². The smallest absolute Gasteiger partial charge is 0.307 e. The van der Waals surface area contributed by atoms with Crippen molar-refractivity contribution < 1.29 is 9.53 Å². The fraction of sp³-hybridized carbons (Fsp3) is 0.909. The molecule has 0 spiro atoms. The zero-order valence-electron chi connectivity index (χ0n) is 8.66. The molecule has 0 radical (unpaired) electrons. The van der Waals surface area contributed by atoms with E-state index in [4.69, 9.17) is 4.74 Å². The zero-order chi connectivity index (χ0) is 10.2. The van der Waals surface area contributed by atoms with Crippen LogP contribution in [-0.4, -0.2) is 17.3 Å². The largest absolute Gasteiger partial charge is 0.459 e. The topological polar surface area (TPSA) is 26.3 Å². The number of rotatable bonds is 3. The number of esters is 1. The minimum Gasteiger partial charge on any atom is -0.459 e. The molecule has 2 fully saturated rings. The molecule has 0 aliphatic heterocycles. The highest BCUT2D eigenvalue weighted by molar-refractivity contribution is 7.80. The quantitative estimate of drug-likeness (QED) is 0.577. The second-order valence-corrected chi connectivity index (χ2v) is 5.29. The van der Waals surface area contributed by atoms with Crippen molar-refractivity contribution in [1.82, 2.24) is 0 Å². The lowest BCUT2D eigenvalue weighted by atomic mass is 9.86. The van der Waals surface area contributed by atoms with Crippen LogP contribution in [0.3, 0.4) is 0 Å². The second-order valence-electron chi connectivity index (χ2n) is 4.84. The summed E-state index contributed by atoms with van der Waals surface area (Å²) >= 11 is 4.04. The predicted molar refractivity (Wildman–Crippen MR) is 58.4 cm³/mol. The van der Waals surface area contributed by atoms with Gasteiger partial charge in [-0.2, -0.15) is 12.6 Å². The van der Waals surface area contributed by atoms with E-state index in [1.807, 2.05) is 0 Å².